The summed E-state index contributed by atoms with van der Waals surface area (Å²) in [5.74, 6) is 0.0909. The number of nitrogens with one attached hydrogen (secondary N) is 2. The van der Waals surface area contributed by atoms with E-state index in [1.54, 1.807) is 12.1 Å². The van der Waals surface area contributed by atoms with Gasteiger partial charge >= 0.3 is 6.61 Å². The molecular formula is C21H27F2N2O2+. The number of hydrogen-bond acceptors (Lipinski definition) is 2. The number of benzene rings is 2. The first-order chi connectivity index (χ1) is 12.9. The van der Waals surface area contributed by atoms with Crippen molar-refractivity contribution in [3.63, 3.8) is 0 Å². The van der Waals surface area contributed by atoms with Gasteiger partial charge in [0.05, 0.1) is 7.05 Å². The lowest BCUT2D eigenvalue weighted by Crippen LogP contribution is -3.08. The average molecular weight is 377 g/mol. The van der Waals surface area contributed by atoms with Crippen LogP contribution < -0.4 is 15.0 Å². The van der Waals surface area contributed by atoms with Gasteiger partial charge in [-0.25, -0.2) is 0 Å². The molecule has 1 amide bonds. The Bertz CT molecular complexity index is 726. The molecular weight excluding hydrogens is 350 g/mol. The fourth-order valence-electron chi connectivity index (χ4n) is 3.06. The van der Waals surface area contributed by atoms with Gasteiger partial charge in [0, 0.05) is 11.3 Å². The van der Waals surface area contributed by atoms with Gasteiger partial charge in [0.2, 0.25) is 0 Å². The third-order valence-electron chi connectivity index (χ3n) is 4.38. The Kier molecular flexibility index (Phi) is 7.73. The highest BCUT2D eigenvalue weighted by molar-refractivity contribution is 5.93. The maximum absolute atomic E-state index is 12.5. The van der Waals surface area contributed by atoms with E-state index in [-0.39, 0.29) is 11.7 Å². The van der Waals surface area contributed by atoms with Crippen molar-refractivity contribution in [2.45, 2.75) is 39.8 Å². The lowest BCUT2D eigenvalue weighted by Gasteiger charge is -2.17. The van der Waals surface area contributed by atoms with E-state index in [0.29, 0.717) is 13.1 Å². The van der Waals surface area contributed by atoms with Crippen LogP contribution in [0, 0.1) is 0 Å². The smallest absolute Gasteiger partial charge is 0.387 e. The van der Waals surface area contributed by atoms with Gasteiger partial charge in [0.25, 0.3) is 5.91 Å². The van der Waals surface area contributed by atoms with Crippen LogP contribution in [0.1, 0.15) is 30.5 Å². The summed E-state index contributed by atoms with van der Waals surface area (Å²) in [4.78, 5) is 13.5. The standard InChI is InChI=1S/C21H26F2N2O2/c1-4-16-7-6-8-17(5-2)20(16)24-19(26)14-25(3)13-15-9-11-18(12-10-15)27-21(22)23/h6-12,21H,4-5,13-14H2,1-3H3,(H,24,26)/p+1. The number of halogens is 2. The van der Waals surface area contributed by atoms with Crippen LogP contribution in [0.5, 0.6) is 5.75 Å². The summed E-state index contributed by atoms with van der Waals surface area (Å²) in [5, 5.41) is 3.07. The molecule has 0 aliphatic rings. The van der Waals surface area contributed by atoms with Crippen LogP contribution in [-0.2, 0) is 24.2 Å². The second-order valence-corrected chi connectivity index (χ2v) is 6.54. The number of likely N-dealkylation sites (N-methyl/N-ethyl adjacent to an activating group) is 1. The molecule has 2 rings (SSSR count). The molecule has 0 saturated carbocycles. The molecule has 1 unspecified atom stereocenters. The number of ether oxygens (including phenoxy) is 1. The Morgan fingerprint density at radius 1 is 1.07 bits per heavy atom. The molecule has 2 N–H and O–H groups in total. The number of carbonyl (C=O) groups is 1. The van der Waals surface area contributed by atoms with E-state index in [1.807, 2.05) is 25.2 Å². The van der Waals surface area contributed by atoms with Crippen LogP contribution in [0.15, 0.2) is 42.5 Å². The van der Waals surface area contributed by atoms with E-state index in [2.05, 4.69) is 23.9 Å². The summed E-state index contributed by atoms with van der Waals surface area (Å²) < 4.78 is 28.7. The SMILES string of the molecule is CCc1cccc(CC)c1NC(=O)C[NH+](C)Cc1ccc(OC(F)F)cc1. The van der Waals surface area contributed by atoms with Crippen LogP contribution in [0.25, 0.3) is 0 Å². The highest BCUT2D eigenvalue weighted by atomic mass is 19.3. The Morgan fingerprint density at radius 3 is 2.19 bits per heavy atom. The number of carbonyl (C=O) groups excluding carboxylic acids is 1. The van der Waals surface area contributed by atoms with Gasteiger partial charge in [-0.05, 0) is 48.2 Å². The number of quaternary nitrogens is 1. The van der Waals surface area contributed by atoms with Crippen molar-refractivity contribution in [3.05, 3.63) is 59.2 Å². The molecule has 146 valence electrons. The van der Waals surface area contributed by atoms with E-state index in [9.17, 15) is 13.6 Å². The second kappa shape index (κ2) is 10.0. The Labute approximate surface area is 159 Å². The van der Waals surface area contributed by atoms with E-state index in [4.69, 9.17) is 0 Å². The maximum atomic E-state index is 12.5. The largest absolute Gasteiger partial charge is 0.435 e. The molecule has 0 aliphatic carbocycles. The minimum absolute atomic E-state index is 0.0410. The summed E-state index contributed by atoms with van der Waals surface area (Å²) >= 11 is 0. The summed E-state index contributed by atoms with van der Waals surface area (Å²) in [6.07, 6.45) is 1.72. The number of para-hydroxylation sites is 1. The molecule has 0 radical (unpaired) electrons. The topological polar surface area (TPSA) is 42.8 Å². The fraction of sp³-hybridized carbons (Fsp3) is 0.381. The third kappa shape index (κ3) is 6.32. The number of alkyl halides is 2. The average Bonchev–Trinajstić information content (AvgIpc) is 2.62. The van der Waals surface area contributed by atoms with Gasteiger partial charge < -0.3 is 15.0 Å². The van der Waals surface area contributed by atoms with Gasteiger partial charge in [-0.1, -0.05) is 32.0 Å². The minimum Gasteiger partial charge on any atom is -0.435 e. The first kappa shape index (κ1) is 20.8. The van der Waals surface area contributed by atoms with Gasteiger partial charge in [0.15, 0.2) is 6.54 Å². The first-order valence-corrected chi connectivity index (χ1v) is 9.18. The van der Waals surface area contributed by atoms with Crippen LogP contribution >= 0.6 is 0 Å². The Balaban J connectivity index is 1.94. The van der Waals surface area contributed by atoms with Crippen molar-refractivity contribution in [2.75, 3.05) is 18.9 Å². The molecule has 0 spiro atoms. The summed E-state index contributed by atoms with van der Waals surface area (Å²) in [5.41, 5.74) is 4.14. The molecule has 0 saturated heterocycles. The van der Waals surface area contributed by atoms with Crippen molar-refractivity contribution >= 4 is 11.6 Å². The number of aryl methyl sites for hydroxylation is 2. The van der Waals surface area contributed by atoms with E-state index < -0.39 is 6.61 Å². The van der Waals surface area contributed by atoms with Crippen molar-refractivity contribution in [1.82, 2.24) is 0 Å². The molecule has 2 aromatic rings. The van der Waals surface area contributed by atoms with Gasteiger partial charge in [-0.2, -0.15) is 8.78 Å². The fourth-order valence-corrected chi connectivity index (χ4v) is 3.06. The van der Waals surface area contributed by atoms with E-state index >= 15 is 0 Å². The zero-order valence-electron chi connectivity index (χ0n) is 16.0. The molecule has 27 heavy (non-hydrogen) atoms. The molecule has 0 heterocycles. The zero-order valence-corrected chi connectivity index (χ0v) is 16.0. The summed E-state index contributed by atoms with van der Waals surface area (Å²) in [6.45, 7) is 2.24. The highest BCUT2D eigenvalue weighted by Gasteiger charge is 2.14. The van der Waals surface area contributed by atoms with E-state index in [1.165, 1.54) is 12.1 Å². The molecule has 4 nitrogen and oxygen atoms in total. The number of rotatable bonds is 9. The normalized spacial score (nSPS) is 12.1. The van der Waals surface area contributed by atoms with Crippen molar-refractivity contribution in [2.24, 2.45) is 0 Å². The Morgan fingerprint density at radius 2 is 1.67 bits per heavy atom. The second-order valence-electron chi connectivity index (χ2n) is 6.54. The van der Waals surface area contributed by atoms with Crippen LogP contribution in [0.3, 0.4) is 0 Å². The molecule has 0 aromatic heterocycles. The van der Waals surface area contributed by atoms with Crippen LogP contribution in [-0.4, -0.2) is 26.1 Å². The molecule has 6 heteroatoms. The lowest BCUT2D eigenvalue weighted by molar-refractivity contribution is -0.885. The molecule has 1 atom stereocenters. The molecule has 0 bridgehead atoms. The van der Waals surface area contributed by atoms with Gasteiger partial charge in [-0.15, -0.1) is 0 Å². The monoisotopic (exact) mass is 377 g/mol. The molecule has 2 aromatic carbocycles. The quantitative estimate of drug-likeness (QED) is 0.705. The predicted octanol–water partition coefficient (Wildman–Crippen LogP) is 3.07. The first-order valence-electron chi connectivity index (χ1n) is 9.18. The number of amides is 1. The maximum Gasteiger partial charge on any atom is 0.387 e. The third-order valence-corrected chi connectivity index (χ3v) is 4.38. The number of hydrogen-bond donors (Lipinski definition) is 2. The van der Waals surface area contributed by atoms with Crippen molar-refractivity contribution < 1.29 is 23.2 Å². The summed E-state index contributed by atoms with van der Waals surface area (Å²) in [6, 6.07) is 12.6. The van der Waals surface area contributed by atoms with Gasteiger partial charge in [-0.3, -0.25) is 4.79 Å². The van der Waals surface area contributed by atoms with Crippen LogP contribution in [0.2, 0.25) is 0 Å². The predicted molar refractivity (Wildman–Crippen MR) is 102 cm³/mol. The van der Waals surface area contributed by atoms with Gasteiger partial charge in [0.1, 0.15) is 12.3 Å². The molecule has 0 aliphatic heterocycles. The van der Waals surface area contributed by atoms with Crippen molar-refractivity contribution in [3.8, 4) is 5.75 Å². The van der Waals surface area contributed by atoms with E-state index in [0.717, 1.165) is 40.1 Å². The summed E-state index contributed by atoms with van der Waals surface area (Å²) in [7, 11) is 1.93. The lowest BCUT2D eigenvalue weighted by atomic mass is 10.0. The Hall–Kier alpha value is -2.47. The zero-order chi connectivity index (χ0) is 19.8. The van der Waals surface area contributed by atoms with Crippen molar-refractivity contribution in [1.29, 1.82) is 0 Å². The molecule has 0 fully saturated rings. The highest BCUT2D eigenvalue weighted by Crippen LogP contribution is 2.22. The number of anilines is 1. The van der Waals surface area contributed by atoms with Crippen LogP contribution in [0.4, 0.5) is 14.5 Å². The minimum atomic E-state index is -2.83.